The van der Waals surface area contributed by atoms with Crippen LogP contribution in [0.5, 0.6) is 23.3 Å². The lowest BCUT2D eigenvalue weighted by atomic mass is 10.2. The molecule has 0 unspecified atom stereocenters. The van der Waals surface area contributed by atoms with Gasteiger partial charge in [0.1, 0.15) is 29.5 Å². The molecule has 8 aromatic rings. The van der Waals surface area contributed by atoms with E-state index in [1.165, 1.54) is 54.5 Å². The van der Waals surface area contributed by atoms with Crippen LogP contribution in [0.2, 0.25) is 0 Å². The smallest absolute Gasteiger partial charge is 0.416 e. The molecule has 0 aliphatic heterocycles. The van der Waals surface area contributed by atoms with E-state index >= 15 is 0 Å². The van der Waals surface area contributed by atoms with Crippen molar-refractivity contribution < 1.29 is 35.8 Å². The third-order valence-corrected chi connectivity index (χ3v) is 8.93. The predicted molar refractivity (Wildman–Crippen MR) is 223 cm³/mol. The molecule has 0 amide bonds. The van der Waals surface area contributed by atoms with Gasteiger partial charge in [-0.2, -0.15) is 41.3 Å². The van der Waals surface area contributed by atoms with Gasteiger partial charge in [0.05, 0.1) is 11.1 Å². The first-order valence-electron chi connectivity index (χ1n) is 18.3. The summed E-state index contributed by atoms with van der Waals surface area (Å²) in [7, 11) is 0. The number of nitrogens with two attached hydrogens (primary N) is 2. The van der Waals surface area contributed by atoms with Crippen LogP contribution in [0.1, 0.15) is 18.1 Å². The summed E-state index contributed by atoms with van der Waals surface area (Å²) in [5.74, 6) is 4.26. The summed E-state index contributed by atoms with van der Waals surface area (Å²) in [6.07, 6.45) is -7.56. The quantitative estimate of drug-likeness (QED) is 0.0381. The average molecular weight is 887 g/mol. The molecule has 8 rings (SSSR count). The number of nitrogens with zero attached hydrogens (tertiary/aromatic N) is 8. The van der Waals surface area contributed by atoms with Gasteiger partial charge in [-0.1, -0.05) is 30.8 Å². The van der Waals surface area contributed by atoms with Crippen molar-refractivity contribution in [2.45, 2.75) is 24.4 Å². The van der Waals surface area contributed by atoms with Gasteiger partial charge in [-0.3, -0.25) is 10.2 Å². The number of rotatable bonds is 12. The minimum atomic E-state index is -4.43. The normalized spacial score (nSPS) is 11.3. The molecule has 0 aliphatic rings. The van der Waals surface area contributed by atoms with Gasteiger partial charge in [-0.15, -0.1) is 10.2 Å². The van der Waals surface area contributed by atoms with Crippen molar-refractivity contribution >= 4 is 46.7 Å². The maximum Gasteiger partial charge on any atom is 0.416 e. The molecular formula is C40H32F6N14O2S. The lowest BCUT2D eigenvalue weighted by Gasteiger charge is -2.08. The Kier molecular flexibility index (Phi) is 12.8. The Morgan fingerprint density at radius 2 is 1.08 bits per heavy atom. The molecule has 23 heteroatoms. The first kappa shape index (κ1) is 43.1. The SMILES string of the molecule is CCSc1nc(N)cc(Oc2ccc(-c3nc(Nc4cccc(C(F)(F)F)c4)n[nH]3)cc2)n1.Nc1cc(Oc2ccc(-c3nc(Nc4cccc(C(F)(F)F)c4)n[nH]3)cc2)ncn1. The molecule has 8 N–H and O–H groups in total. The highest BCUT2D eigenvalue weighted by molar-refractivity contribution is 7.99. The van der Waals surface area contributed by atoms with E-state index in [1.807, 2.05) is 6.92 Å². The van der Waals surface area contributed by atoms with Crippen LogP contribution in [0.25, 0.3) is 22.8 Å². The molecule has 4 aromatic carbocycles. The van der Waals surface area contributed by atoms with E-state index in [0.29, 0.717) is 62.8 Å². The van der Waals surface area contributed by atoms with Crippen LogP contribution in [-0.4, -0.2) is 56.1 Å². The summed E-state index contributed by atoms with van der Waals surface area (Å²) < 4.78 is 88.5. The Hall–Kier alpha value is -7.95. The van der Waals surface area contributed by atoms with E-state index in [1.54, 1.807) is 48.5 Å². The molecule has 4 heterocycles. The number of nitrogen functional groups attached to an aromatic ring is 2. The van der Waals surface area contributed by atoms with Crippen molar-refractivity contribution in [3.05, 3.63) is 127 Å². The fourth-order valence-electron chi connectivity index (χ4n) is 5.38. The fourth-order valence-corrected chi connectivity index (χ4v) is 5.96. The number of thioether (sulfide) groups is 1. The van der Waals surface area contributed by atoms with Crippen LogP contribution < -0.4 is 31.6 Å². The van der Waals surface area contributed by atoms with Crippen LogP contribution in [-0.2, 0) is 12.4 Å². The fraction of sp³-hybridized carbons (Fsp3) is 0.100. The highest BCUT2D eigenvalue weighted by atomic mass is 32.2. The minimum Gasteiger partial charge on any atom is -0.439 e. The van der Waals surface area contributed by atoms with Gasteiger partial charge in [0.15, 0.2) is 16.8 Å². The number of ether oxygens (including phenoxy) is 2. The molecule has 0 bridgehead atoms. The minimum absolute atomic E-state index is 0.140. The number of anilines is 6. The van der Waals surface area contributed by atoms with Gasteiger partial charge in [0, 0.05) is 34.6 Å². The summed E-state index contributed by atoms with van der Waals surface area (Å²) in [4.78, 5) is 24.7. The van der Waals surface area contributed by atoms with Crippen LogP contribution in [0.4, 0.5) is 61.2 Å². The molecule has 322 valence electrons. The topological polar surface area (TPSA) is 229 Å². The summed E-state index contributed by atoms with van der Waals surface area (Å²) >= 11 is 1.46. The van der Waals surface area contributed by atoms with E-state index < -0.39 is 23.5 Å². The van der Waals surface area contributed by atoms with Crippen molar-refractivity contribution in [2.24, 2.45) is 0 Å². The number of halogens is 6. The number of H-pyrrole nitrogens is 2. The summed E-state index contributed by atoms with van der Waals surface area (Å²) in [6.45, 7) is 1.99. The summed E-state index contributed by atoms with van der Waals surface area (Å²) in [6, 6.07) is 26.5. The predicted octanol–water partition coefficient (Wildman–Crippen LogP) is 9.91. The van der Waals surface area contributed by atoms with Crippen molar-refractivity contribution in [3.63, 3.8) is 0 Å². The molecule has 0 spiro atoms. The molecule has 0 saturated carbocycles. The second-order valence-corrected chi connectivity index (χ2v) is 14.0. The first-order chi connectivity index (χ1) is 30.2. The zero-order valence-electron chi connectivity index (χ0n) is 32.4. The molecular weight excluding hydrogens is 855 g/mol. The van der Waals surface area contributed by atoms with Crippen LogP contribution in [0.15, 0.2) is 121 Å². The molecule has 0 aliphatic carbocycles. The third kappa shape index (κ3) is 11.9. The maximum absolute atomic E-state index is 12.9. The van der Waals surface area contributed by atoms with Crippen molar-refractivity contribution in [1.29, 1.82) is 0 Å². The van der Waals surface area contributed by atoms with E-state index in [0.717, 1.165) is 30.0 Å². The third-order valence-electron chi connectivity index (χ3n) is 8.20. The zero-order valence-corrected chi connectivity index (χ0v) is 33.2. The Labute approximate surface area is 357 Å². The monoisotopic (exact) mass is 886 g/mol. The Balaban J connectivity index is 0.000000190. The second kappa shape index (κ2) is 18.8. The second-order valence-electron chi connectivity index (χ2n) is 12.8. The number of aromatic nitrogens is 10. The number of alkyl halides is 6. The van der Waals surface area contributed by atoms with Crippen molar-refractivity contribution in [2.75, 3.05) is 27.9 Å². The first-order valence-corrected chi connectivity index (χ1v) is 19.3. The van der Waals surface area contributed by atoms with Crippen LogP contribution in [0, 0.1) is 0 Å². The van der Waals surface area contributed by atoms with E-state index in [-0.39, 0.29) is 23.3 Å². The summed E-state index contributed by atoms with van der Waals surface area (Å²) in [5, 5.41) is 19.6. The van der Waals surface area contributed by atoms with Crippen LogP contribution >= 0.6 is 11.8 Å². The lowest BCUT2D eigenvalue weighted by Crippen LogP contribution is -2.05. The number of hydrogen-bond donors (Lipinski definition) is 6. The van der Waals surface area contributed by atoms with Gasteiger partial charge < -0.3 is 31.6 Å². The molecule has 0 atom stereocenters. The van der Waals surface area contributed by atoms with Gasteiger partial charge in [0.2, 0.25) is 23.7 Å². The van der Waals surface area contributed by atoms with Gasteiger partial charge >= 0.3 is 12.4 Å². The molecule has 63 heavy (non-hydrogen) atoms. The Morgan fingerprint density at radius 3 is 1.56 bits per heavy atom. The largest absolute Gasteiger partial charge is 0.439 e. The molecule has 16 nitrogen and oxygen atoms in total. The van der Waals surface area contributed by atoms with E-state index in [4.69, 9.17) is 20.9 Å². The summed E-state index contributed by atoms with van der Waals surface area (Å²) in [5.41, 5.74) is 11.7. The van der Waals surface area contributed by atoms with E-state index in [9.17, 15) is 26.3 Å². The number of aromatic amines is 2. The standard InChI is InChI=1S/C21H18F3N7OS.C19H14F3N7O/c1-2-33-20-27-16(25)11-17(28-20)32-15-8-6-12(7-9-15)18-29-19(31-30-18)26-14-5-3-4-13(10-14)21(22,23)24;20-19(21,22)12-2-1-3-13(8-12)26-18-27-17(28-29-18)11-4-6-14(7-5-11)30-16-9-15(23)24-10-25-16/h3-11H,2H2,1H3,(H2,25,27,28)(H2,26,29,30,31);1-10H,(H2,23,24,25)(H2,26,27,28,29). The lowest BCUT2D eigenvalue weighted by molar-refractivity contribution is -0.138. The van der Waals surface area contributed by atoms with E-state index in [2.05, 4.69) is 60.9 Å². The molecule has 0 saturated heterocycles. The highest BCUT2D eigenvalue weighted by Crippen LogP contribution is 2.33. The van der Waals surface area contributed by atoms with Crippen LogP contribution in [0.3, 0.4) is 0 Å². The zero-order chi connectivity index (χ0) is 44.6. The Bertz CT molecular complexity index is 2780. The molecule has 0 radical (unpaired) electrons. The van der Waals surface area contributed by atoms with Gasteiger partial charge in [0.25, 0.3) is 0 Å². The Morgan fingerprint density at radius 1 is 0.587 bits per heavy atom. The number of benzene rings is 4. The van der Waals surface area contributed by atoms with Crippen molar-refractivity contribution in [3.8, 4) is 46.0 Å². The number of hydrogen-bond acceptors (Lipinski definition) is 15. The average Bonchev–Trinajstić information content (AvgIpc) is 3.91. The van der Waals surface area contributed by atoms with Gasteiger partial charge in [-0.25, -0.2) is 15.0 Å². The number of nitrogens with one attached hydrogen (secondary N) is 4. The molecule has 0 fully saturated rings. The highest BCUT2D eigenvalue weighted by Gasteiger charge is 2.31. The molecule has 4 aromatic heterocycles. The van der Waals surface area contributed by atoms with Gasteiger partial charge in [-0.05, 0) is 90.7 Å². The van der Waals surface area contributed by atoms with Crippen molar-refractivity contribution in [1.82, 2.24) is 50.3 Å². The maximum atomic E-state index is 12.9.